The lowest BCUT2D eigenvalue weighted by Gasteiger charge is -2.22. The molecule has 0 aromatic carbocycles. The van der Waals surface area contributed by atoms with E-state index in [4.69, 9.17) is 0 Å². The number of hydrogen-bond donors (Lipinski definition) is 0. The number of Topliss-reactive ketones (excluding diaryl/α,β-unsaturated/α-hetero) is 1. The van der Waals surface area contributed by atoms with Crippen LogP contribution in [0.15, 0.2) is 0 Å². The molecule has 0 spiro atoms. The molecule has 1 heteroatoms. The Labute approximate surface area is 67.2 Å². The number of carbonyl (C=O) groups is 1. The van der Waals surface area contributed by atoms with E-state index in [0.717, 1.165) is 24.2 Å². The summed E-state index contributed by atoms with van der Waals surface area (Å²) in [5.74, 6) is 3.74. The molecule has 0 radical (unpaired) electrons. The van der Waals surface area contributed by atoms with E-state index in [1.54, 1.807) is 0 Å². The Bertz CT molecular complexity index is 209. The molecule has 60 valence electrons. The molecule has 0 aromatic rings. The molecule has 3 aliphatic rings. The minimum atomic E-state index is 0.521. The van der Waals surface area contributed by atoms with E-state index in [2.05, 4.69) is 0 Å². The highest BCUT2D eigenvalue weighted by Gasteiger charge is 2.53. The van der Waals surface area contributed by atoms with Crippen LogP contribution in [-0.4, -0.2) is 5.78 Å². The highest BCUT2D eigenvalue weighted by Crippen LogP contribution is 2.57. The molecule has 3 aliphatic carbocycles. The van der Waals surface area contributed by atoms with Crippen LogP contribution >= 0.6 is 0 Å². The molecule has 3 saturated carbocycles. The van der Waals surface area contributed by atoms with Crippen LogP contribution in [0.25, 0.3) is 0 Å². The Morgan fingerprint density at radius 1 is 1.18 bits per heavy atom. The van der Waals surface area contributed by atoms with E-state index in [0.29, 0.717) is 11.7 Å². The summed E-state index contributed by atoms with van der Waals surface area (Å²) < 4.78 is 0. The molecule has 0 heterocycles. The van der Waals surface area contributed by atoms with Gasteiger partial charge in [-0.05, 0) is 37.0 Å². The van der Waals surface area contributed by atoms with Crippen molar-refractivity contribution in [3.05, 3.63) is 0 Å². The summed E-state index contributed by atoms with van der Waals surface area (Å²) in [6, 6.07) is 0. The van der Waals surface area contributed by atoms with E-state index in [9.17, 15) is 4.79 Å². The van der Waals surface area contributed by atoms with Crippen molar-refractivity contribution in [3.63, 3.8) is 0 Å². The monoisotopic (exact) mass is 150 g/mol. The molecule has 0 aliphatic heterocycles. The van der Waals surface area contributed by atoms with Crippen molar-refractivity contribution in [1.29, 1.82) is 0 Å². The van der Waals surface area contributed by atoms with Gasteiger partial charge in [-0.25, -0.2) is 0 Å². The maximum Gasteiger partial charge on any atom is 0.136 e. The summed E-state index contributed by atoms with van der Waals surface area (Å²) in [5.41, 5.74) is 0. The Morgan fingerprint density at radius 3 is 2.91 bits per heavy atom. The quantitative estimate of drug-likeness (QED) is 0.516. The van der Waals surface area contributed by atoms with Gasteiger partial charge in [0.25, 0.3) is 0 Å². The average molecular weight is 150 g/mol. The fourth-order valence-electron chi connectivity index (χ4n) is 3.79. The van der Waals surface area contributed by atoms with Gasteiger partial charge in [-0.2, -0.15) is 0 Å². The van der Waals surface area contributed by atoms with Gasteiger partial charge in [-0.15, -0.1) is 0 Å². The zero-order chi connectivity index (χ0) is 7.42. The van der Waals surface area contributed by atoms with Crippen LogP contribution in [0.2, 0.25) is 0 Å². The van der Waals surface area contributed by atoms with Crippen LogP contribution in [0.4, 0.5) is 0 Å². The average Bonchev–Trinajstić information content (AvgIpc) is 2.52. The fourth-order valence-corrected chi connectivity index (χ4v) is 3.79. The molecular formula is C10H14O. The van der Waals surface area contributed by atoms with Crippen molar-refractivity contribution in [2.75, 3.05) is 0 Å². The number of ketones is 1. The zero-order valence-corrected chi connectivity index (χ0v) is 6.75. The summed E-state index contributed by atoms with van der Waals surface area (Å²) in [6.45, 7) is 0. The normalized spacial score (nSPS) is 53.6. The first-order valence-corrected chi connectivity index (χ1v) is 4.89. The molecule has 0 amide bonds. The third kappa shape index (κ3) is 0.646. The van der Waals surface area contributed by atoms with Crippen LogP contribution < -0.4 is 0 Å². The van der Waals surface area contributed by atoms with Gasteiger partial charge in [0, 0.05) is 12.3 Å². The van der Waals surface area contributed by atoms with E-state index in [1.807, 2.05) is 0 Å². The lowest BCUT2D eigenvalue weighted by atomic mass is 9.81. The summed E-state index contributed by atoms with van der Waals surface area (Å²) in [4.78, 5) is 11.4. The number of carbonyl (C=O) groups excluding carboxylic acids is 1. The SMILES string of the molecule is O=C1C[C@@H]2C[C@H]1[C@H]1CCC[C@@H]21. The first-order valence-electron chi connectivity index (χ1n) is 4.89. The zero-order valence-electron chi connectivity index (χ0n) is 6.75. The van der Waals surface area contributed by atoms with Crippen molar-refractivity contribution in [3.8, 4) is 0 Å². The Hall–Kier alpha value is -0.330. The third-order valence-electron chi connectivity index (χ3n) is 4.18. The van der Waals surface area contributed by atoms with Gasteiger partial charge < -0.3 is 0 Å². The van der Waals surface area contributed by atoms with Crippen molar-refractivity contribution in [2.45, 2.75) is 32.1 Å². The maximum absolute atomic E-state index is 11.4. The molecule has 0 unspecified atom stereocenters. The van der Waals surface area contributed by atoms with Gasteiger partial charge in [-0.1, -0.05) is 6.42 Å². The van der Waals surface area contributed by atoms with E-state index in [1.165, 1.54) is 25.7 Å². The standard InChI is InChI=1S/C10H14O/c11-10-5-6-4-9(10)8-3-1-2-7(6)8/h6-9H,1-5H2/t6-,7-,8-,9-/m0/s1. The molecule has 3 fully saturated rings. The fraction of sp³-hybridized carbons (Fsp3) is 0.900. The summed E-state index contributed by atoms with van der Waals surface area (Å²) >= 11 is 0. The van der Waals surface area contributed by atoms with Gasteiger partial charge in [0.1, 0.15) is 5.78 Å². The molecule has 2 bridgehead atoms. The predicted molar refractivity (Wildman–Crippen MR) is 42.1 cm³/mol. The molecule has 1 nitrogen and oxygen atoms in total. The summed E-state index contributed by atoms with van der Waals surface area (Å²) in [5, 5.41) is 0. The molecule has 0 saturated heterocycles. The minimum Gasteiger partial charge on any atom is -0.299 e. The van der Waals surface area contributed by atoms with Gasteiger partial charge in [0.2, 0.25) is 0 Å². The van der Waals surface area contributed by atoms with E-state index < -0.39 is 0 Å². The van der Waals surface area contributed by atoms with Gasteiger partial charge >= 0.3 is 0 Å². The minimum absolute atomic E-state index is 0.521. The van der Waals surface area contributed by atoms with Gasteiger partial charge in [-0.3, -0.25) is 4.79 Å². The second-order valence-corrected chi connectivity index (χ2v) is 4.53. The molecule has 4 atom stereocenters. The van der Waals surface area contributed by atoms with E-state index in [-0.39, 0.29) is 0 Å². The smallest absolute Gasteiger partial charge is 0.136 e. The van der Waals surface area contributed by atoms with Crippen molar-refractivity contribution >= 4 is 5.78 Å². The van der Waals surface area contributed by atoms with Crippen molar-refractivity contribution < 1.29 is 4.79 Å². The Balaban J connectivity index is 1.95. The van der Waals surface area contributed by atoms with Crippen molar-refractivity contribution in [2.24, 2.45) is 23.7 Å². The first kappa shape index (κ1) is 6.22. The number of hydrogen-bond acceptors (Lipinski definition) is 1. The molecule has 0 aromatic heterocycles. The summed E-state index contributed by atoms with van der Waals surface area (Å²) in [7, 11) is 0. The lowest BCUT2D eigenvalue weighted by molar-refractivity contribution is -0.123. The van der Waals surface area contributed by atoms with E-state index >= 15 is 0 Å². The molecule has 0 N–H and O–H groups in total. The second kappa shape index (κ2) is 1.88. The highest BCUT2D eigenvalue weighted by atomic mass is 16.1. The van der Waals surface area contributed by atoms with Crippen LogP contribution in [0.1, 0.15) is 32.1 Å². The maximum atomic E-state index is 11.4. The Morgan fingerprint density at radius 2 is 2.00 bits per heavy atom. The largest absolute Gasteiger partial charge is 0.299 e. The summed E-state index contributed by atoms with van der Waals surface area (Å²) in [6.07, 6.45) is 6.38. The molecule has 3 rings (SSSR count). The topological polar surface area (TPSA) is 17.1 Å². The van der Waals surface area contributed by atoms with Crippen LogP contribution in [0, 0.1) is 23.7 Å². The molecular weight excluding hydrogens is 136 g/mol. The van der Waals surface area contributed by atoms with Crippen LogP contribution in [0.3, 0.4) is 0 Å². The van der Waals surface area contributed by atoms with Crippen LogP contribution in [0.5, 0.6) is 0 Å². The van der Waals surface area contributed by atoms with Crippen LogP contribution in [-0.2, 0) is 4.79 Å². The van der Waals surface area contributed by atoms with Gasteiger partial charge in [0.15, 0.2) is 0 Å². The number of fused-ring (bicyclic) bond motifs is 5. The van der Waals surface area contributed by atoms with Gasteiger partial charge in [0.05, 0.1) is 0 Å². The molecule has 11 heavy (non-hydrogen) atoms. The Kier molecular flexibility index (Phi) is 1.06. The lowest BCUT2D eigenvalue weighted by Crippen LogP contribution is -2.23. The van der Waals surface area contributed by atoms with Crippen molar-refractivity contribution in [1.82, 2.24) is 0 Å². The first-order chi connectivity index (χ1) is 5.36. The second-order valence-electron chi connectivity index (χ2n) is 4.53. The number of rotatable bonds is 0. The predicted octanol–water partition coefficient (Wildman–Crippen LogP) is 2.01. The third-order valence-corrected chi connectivity index (χ3v) is 4.18. The highest BCUT2D eigenvalue weighted by molar-refractivity contribution is 5.85.